The number of benzene rings is 1. The predicted molar refractivity (Wildman–Crippen MR) is 81.2 cm³/mol. The molecule has 1 N–H and O–H groups in total. The number of hydrogen-bond donors (Lipinski definition) is 1. The van der Waals surface area contributed by atoms with E-state index in [1.807, 2.05) is 12.1 Å². The lowest BCUT2D eigenvalue weighted by molar-refractivity contribution is -0.144. The number of ether oxygens (including phenoxy) is 1. The minimum Gasteiger partial charge on any atom is -0.467 e. The van der Waals surface area contributed by atoms with Crippen LogP contribution in [0, 0.1) is 0 Å². The van der Waals surface area contributed by atoms with Gasteiger partial charge in [-0.05, 0) is 31.4 Å². The van der Waals surface area contributed by atoms with Gasteiger partial charge in [0.2, 0.25) is 5.91 Å². The Balaban J connectivity index is 2.23. The second kappa shape index (κ2) is 6.61. The summed E-state index contributed by atoms with van der Waals surface area (Å²) in [7, 11) is 1.34. The second-order valence-electron chi connectivity index (χ2n) is 5.45. The van der Waals surface area contributed by atoms with E-state index in [1.165, 1.54) is 19.6 Å². The molecule has 2 unspecified atom stereocenters. The summed E-state index contributed by atoms with van der Waals surface area (Å²) in [5.41, 5.74) is 2.41. The third-order valence-corrected chi connectivity index (χ3v) is 3.91. The molecule has 114 valence electrons. The third kappa shape index (κ3) is 3.54. The fourth-order valence-electron chi connectivity index (χ4n) is 2.80. The first-order valence-corrected chi connectivity index (χ1v) is 7.22. The maximum Gasteiger partial charge on any atom is 0.330 e. The van der Waals surface area contributed by atoms with Crippen LogP contribution in [0.3, 0.4) is 0 Å². The summed E-state index contributed by atoms with van der Waals surface area (Å²) in [5.74, 6) is -0.649. The van der Waals surface area contributed by atoms with Crippen molar-refractivity contribution in [3.05, 3.63) is 29.8 Å². The van der Waals surface area contributed by atoms with Crippen LogP contribution < -0.4 is 10.2 Å². The summed E-state index contributed by atoms with van der Waals surface area (Å²) >= 11 is 0. The van der Waals surface area contributed by atoms with E-state index in [9.17, 15) is 9.59 Å². The number of aryl methyl sites for hydroxylation is 1. The highest BCUT2D eigenvalue weighted by molar-refractivity contribution is 5.83. The van der Waals surface area contributed by atoms with E-state index in [0.717, 1.165) is 18.5 Å². The van der Waals surface area contributed by atoms with E-state index in [1.54, 1.807) is 0 Å². The average Bonchev–Trinajstić information content (AvgIpc) is 2.48. The minimum atomic E-state index is -0.652. The van der Waals surface area contributed by atoms with Gasteiger partial charge in [0.15, 0.2) is 0 Å². The van der Waals surface area contributed by atoms with Crippen molar-refractivity contribution in [1.29, 1.82) is 0 Å². The number of nitrogens with zero attached hydrogens (tertiary/aromatic N) is 1. The average molecular weight is 290 g/mol. The molecule has 21 heavy (non-hydrogen) atoms. The third-order valence-electron chi connectivity index (χ3n) is 3.91. The zero-order chi connectivity index (χ0) is 15.4. The van der Waals surface area contributed by atoms with Crippen LogP contribution in [-0.2, 0) is 20.7 Å². The van der Waals surface area contributed by atoms with Gasteiger partial charge in [-0.2, -0.15) is 0 Å². The van der Waals surface area contributed by atoms with E-state index < -0.39 is 12.0 Å². The number of hydrogen-bond acceptors (Lipinski definition) is 4. The summed E-state index contributed by atoms with van der Waals surface area (Å²) in [6.45, 7) is 3.96. The first-order chi connectivity index (χ1) is 10.0. The van der Waals surface area contributed by atoms with Crippen molar-refractivity contribution in [1.82, 2.24) is 5.32 Å². The molecule has 1 aromatic carbocycles. The van der Waals surface area contributed by atoms with Crippen molar-refractivity contribution in [2.75, 3.05) is 18.6 Å². The van der Waals surface area contributed by atoms with Gasteiger partial charge in [0, 0.05) is 25.2 Å². The zero-order valence-electron chi connectivity index (χ0n) is 12.8. The van der Waals surface area contributed by atoms with E-state index in [0.29, 0.717) is 12.6 Å². The summed E-state index contributed by atoms with van der Waals surface area (Å²) < 4.78 is 4.80. The van der Waals surface area contributed by atoms with Crippen LogP contribution in [0.4, 0.5) is 5.69 Å². The number of carbonyl (C=O) groups is 2. The van der Waals surface area contributed by atoms with Crippen molar-refractivity contribution in [3.63, 3.8) is 0 Å². The molecule has 5 nitrogen and oxygen atoms in total. The van der Waals surface area contributed by atoms with E-state index >= 15 is 0 Å². The van der Waals surface area contributed by atoms with Crippen molar-refractivity contribution in [2.45, 2.75) is 38.8 Å². The molecule has 2 rings (SSSR count). The topological polar surface area (TPSA) is 58.6 Å². The van der Waals surface area contributed by atoms with Crippen LogP contribution in [0.5, 0.6) is 0 Å². The molecule has 0 fully saturated rings. The van der Waals surface area contributed by atoms with Gasteiger partial charge in [0.25, 0.3) is 0 Å². The van der Waals surface area contributed by atoms with Crippen molar-refractivity contribution in [3.8, 4) is 0 Å². The quantitative estimate of drug-likeness (QED) is 0.854. The highest BCUT2D eigenvalue weighted by atomic mass is 16.5. The highest BCUT2D eigenvalue weighted by Gasteiger charge is 2.29. The summed E-state index contributed by atoms with van der Waals surface area (Å²) in [6, 6.07) is 7.86. The number of carbonyl (C=O) groups excluding carboxylic acids is 2. The number of nitrogens with one attached hydrogen (secondary N) is 1. The fourth-order valence-corrected chi connectivity index (χ4v) is 2.80. The normalized spacial score (nSPS) is 18.6. The molecular formula is C16H22N2O3. The number of anilines is 1. The Morgan fingerprint density at radius 3 is 2.81 bits per heavy atom. The van der Waals surface area contributed by atoms with Crippen LogP contribution in [-0.4, -0.2) is 37.6 Å². The molecule has 1 aliphatic rings. The Bertz CT molecular complexity index is 530. The van der Waals surface area contributed by atoms with Crippen LogP contribution in [0.15, 0.2) is 24.3 Å². The Kier molecular flexibility index (Phi) is 4.83. The predicted octanol–water partition coefficient (Wildman–Crippen LogP) is 1.51. The van der Waals surface area contributed by atoms with E-state index in [-0.39, 0.29) is 5.91 Å². The molecule has 0 saturated carbocycles. The smallest absolute Gasteiger partial charge is 0.330 e. The number of esters is 1. The van der Waals surface area contributed by atoms with Gasteiger partial charge in [-0.25, -0.2) is 4.79 Å². The standard InChI is InChI=1S/C16H22N2O3/c1-11-8-9-13-6-4-5-7-15(13)18(11)10-14(16(20)21-3)17-12(2)19/h4-7,11,14H,8-10H2,1-3H3,(H,17,19). The molecule has 1 aliphatic heterocycles. The molecule has 0 spiro atoms. The molecule has 0 saturated heterocycles. The van der Waals surface area contributed by atoms with Crippen molar-refractivity contribution >= 4 is 17.6 Å². The number of para-hydroxylation sites is 1. The molecule has 1 aromatic rings. The monoisotopic (exact) mass is 290 g/mol. The Labute approximate surface area is 125 Å². The first-order valence-electron chi connectivity index (χ1n) is 7.22. The summed E-state index contributed by atoms with van der Waals surface area (Å²) in [4.78, 5) is 25.4. The SMILES string of the molecule is COC(=O)C(CN1c2ccccc2CCC1C)NC(C)=O. The zero-order valence-corrected chi connectivity index (χ0v) is 12.8. The molecular weight excluding hydrogens is 268 g/mol. The number of methoxy groups -OCH3 is 1. The van der Waals surface area contributed by atoms with Gasteiger partial charge in [-0.1, -0.05) is 18.2 Å². The van der Waals surface area contributed by atoms with E-state index in [4.69, 9.17) is 4.74 Å². The molecule has 5 heteroatoms. The Morgan fingerprint density at radius 2 is 2.14 bits per heavy atom. The largest absolute Gasteiger partial charge is 0.467 e. The van der Waals surface area contributed by atoms with Crippen LogP contribution in [0.25, 0.3) is 0 Å². The number of fused-ring (bicyclic) bond motifs is 1. The molecule has 2 atom stereocenters. The first kappa shape index (κ1) is 15.4. The molecule has 0 aliphatic carbocycles. The minimum absolute atomic E-state index is 0.233. The maximum absolute atomic E-state index is 11.9. The lowest BCUT2D eigenvalue weighted by atomic mass is 9.96. The lowest BCUT2D eigenvalue weighted by Gasteiger charge is -2.38. The Hall–Kier alpha value is -2.04. The summed E-state index contributed by atoms with van der Waals surface area (Å²) in [6.07, 6.45) is 2.07. The number of amides is 1. The highest BCUT2D eigenvalue weighted by Crippen LogP contribution is 2.30. The molecule has 1 amide bonds. The van der Waals surface area contributed by atoms with Gasteiger partial charge in [-0.15, -0.1) is 0 Å². The Morgan fingerprint density at radius 1 is 1.43 bits per heavy atom. The van der Waals surface area contributed by atoms with Gasteiger partial charge >= 0.3 is 5.97 Å². The van der Waals surface area contributed by atoms with Gasteiger partial charge in [0.05, 0.1) is 7.11 Å². The maximum atomic E-state index is 11.9. The van der Waals surface area contributed by atoms with Crippen LogP contribution >= 0.6 is 0 Å². The van der Waals surface area contributed by atoms with Gasteiger partial charge < -0.3 is 15.0 Å². The van der Waals surface area contributed by atoms with Crippen LogP contribution in [0.2, 0.25) is 0 Å². The summed E-state index contributed by atoms with van der Waals surface area (Å²) in [5, 5.41) is 2.67. The van der Waals surface area contributed by atoms with E-state index in [2.05, 4.69) is 29.3 Å². The lowest BCUT2D eigenvalue weighted by Crippen LogP contribution is -2.51. The molecule has 1 heterocycles. The molecule has 0 aromatic heterocycles. The van der Waals surface area contributed by atoms with Crippen molar-refractivity contribution in [2.24, 2.45) is 0 Å². The molecule has 0 bridgehead atoms. The van der Waals surface area contributed by atoms with Crippen molar-refractivity contribution < 1.29 is 14.3 Å². The van der Waals surface area contributed by atoms with Gasteiger partial charge in [0.1, 0.15) is 6.04 Å². The molecule has 0 radical (unpaired) electrons. The van der Waals surface area contributed by atoms with Crippen LogP contribution in [0.1, 0.15) is 25.8 Å². The fraction of sp³-hybridized carbons (Fsp3) is 0.500. The second-order valence-corrected chi connectivity index (χ2v) is 5.45. The van der Waals surface area contributed by atoms with Gasteiger partial charge in [-0.3, -0.25) is 4.79 Å². The number of rotatable bonds is 4.